The van der Waals surface area contributed by atoms with Crippen LogP contribution in [0.15, 0.2) is 42.5 Å². The van der Waals surface area contributed by atoms with E-state index >= 15 is 0 Å². The number of ether oxygens (including phenoxy) is 1. The third kappa shape index (κ3) is 4.15. The van der Waals surface area contributed by atoms with E-state index in [4.69, 9.17) is 27.9 Å². The molecule has 124 valence electrons. The third-order valence-corrected chi connectivity index (χ3v) is 3.87. The summed E-state index contributed by atoms with van der Waals surface area (Å²) >= 11 is 12.0. The molecule has 1 aromatic heterocycles. The molecule has 3 rings (SSSR count). The van der Waals surface area contributed by atoms with E-state index in [0.717, 1.165) is 16.9 Å². The summed E-state index contributed by atoms with van der Waals surface area (Å²) in [6.45, 7) is 0.933. The molecule has 0 aliphatic carbocycles. The lowest BCUT2D eigenvalue weighted by Crippen LogP contribution is -2.07. The van der Waals surface area contributed by atoms with Crippen molar-refractivity contribution in [1.29, 1.82) is 0 Å². The molecule has 8 heteroatoms. The van der Waals surface area contributed by atoms with Crippen LogP contribution in [-0.2, 0) is 20.2 Å². The molecule has 3 aromatic rings. The normalized spacial score (nSPS) is 10.6. The fourth-order valence-electron chi connectivity index (χ4n) is 2.12. The smallest absolute Gasteiger partial charge is 0.242 e. The van der Waals surface area contributed by atoms with Gasteiger partial charge in [0.15, 0.2) is 0 Å². The Balaban J connectivity index is 1.70. The van der Waals surface area contributed by atoms with Gasteiger partial charge in [-0.25, -0.2) is 4.68 Å². The summed E-state index contributed by atoms with van der Waals surface area (Å²) in [5.74, 6) is 1.32. The number of benzene rings is 2. The average Bonchev–Trinajstić information content (AvgIpc) is 2.98. The van der Waals surface area contributed by atoms with Crippen molar-refractivity contribution in [2.24, 2.45) is 7.05 Å². The van der Waals surface area contributed by atoms with Gasteiger partial charge in [0.25, 0.3) is 0 Å². The highest BCUT2D eigenvalue weighted by Gasteiger charge is 2.08. The number of tetrazole rings is 1. The van der Waals surface area contributed by atoms with Gasteiger partial charge in [0.2, 0.25) is 5.95 Å². The van der Waals surface area contributed by atoms with E-state index < -0.39 is 0 Å². The lowest BCUT2D eigenvalue weighted by atomic mass is 10.2. The minimum atomic E-state index is 0.442. The molecular formula is C16H15Cl2N5O. The first-order chi connectivity index (χ1) is 11.6. The van der Waals surface area contributed by atoms with Crippen LogP contribution in [0.25, 0.3) is 0 Å². The molecule has 0 radical (unpaired) electrons. The van der Waals surface area contributed by atoms with E-state index in [9.17, 15) is 0 Å². The number of hydrogen-bond donors (Lipinski definition) is 1. The SMILES string of the molecule is Cn1nnnc1NCc1cc(Cl)ccc1OCc1ccc(Cl)cc1. The third-order valence-electron chi connectivity index (χ3n) is 3.39. The highest BCUT2D eigenvalue weighted by atomic mass is 35.5. The molecule has 2 aromatic carbocycles. The van der Waals surface area contributed by atoms with Crippen LogP contribution >= 0.6 is 23.2 Å². The summed E-state index contributed by atoms with van der Waals surface area (Å²) in [5.41, 5.74) is 1.95. The summed E-state index contributed by atoms with van der Waals surface area (Å²) < 4.78 is 7.47. The van der Waals surface area contributed by atoms with Crippen LogP contribution in [-0.4, -0.2) is 20.2 Å². The Morgan fingerprint density at radius 1 is 1.08 bits per heavy atom. The molecule has 0 saturated heterocycles. The van der Waals surface area contributed by atoms with Crippen LogP contribution < -0.4 is 10.1 Å². The maximum atomic E-state index is 6.10. The highest BCUT2D eigenvalue weighted by Crippen LogP contribution is 2.25. The quantitative estimate of drug-likeness (QED) is 0.722. The molecule has 0 unspecified atom stereocenters. The number of halogens is 2. The Kier molecular flexibility index (Phi) is 5.17. The molecule has 24 heavy (non-hydrogen) atoms. The maximum Gasteiger partial charge on any atom is 0.242 e. The number of nitrogens with one attached hydrogen (secondary N) is 1. The Morgan fingerprint density at radius 3 is 2.54 bits per heavy atom. The van der Waals surface area contributed by atoms with Crippen LogP contribution in [0, 0.1) is 0 Å². The summed E-state index contributed by atoms with van der Waals surface area (Å²) in [7, 11) is 1.76. The van der Waals surface area contributed by atoms with E-state index in [0.29, 0.717) is 29.1 Å². The molecule has 0 bridgehead atoms. The van der Waals surface area contributed by atoms with Crippen LogP contribution in [0.5, 0.6) is 5.75 Å². The van der Waals surface area contributed by atoms with Gasteiger partial charge in [0.05, 0.1) is 0 Å². The Morgan fingerprint density at radius 2 is 1.83 bits per heavy atom. The molecule has 1 heterocycles. The molecule has 0 aliphatic rings. The number of hydrogen-bond acceptors (Lipinski definition) is 5. The second kappa shape index (κ2) is 7.51. The first-order valence-electron chi connectivity index (χ1n) is 7.24. The van der Waals surface area contributed by atoms with Gasteiger partial charge in [0, 0.05) is 29.2 Å². The minimum Gasteiger partial charge on any atom is -0.489 e. The molecule has 0 aliphatic heterocycles. The van der Waals surface area contributed by atoms with Gasteiger partial charge in [-0.3, -0.25) is 0 Å². The molecule has 6 nitrogen and oxygen atoms in total. The highest BCUT2D eigenvalue weighted by molar-refractivity contribution is 6.30. The van der Waals surface area contributed by atoms with Gasteiger partial charge in [-0.1, -0.05) is 40.4 Å². The summed E-state index contributed by atoms with van der Waals surface area (Å²) in [6, 6.07) is 13.0. The van der Waals surface area contributed by atoms with E-state index in [1.54, 1.807) is 17.8 Å². The largest absolute Gasteiger partial charge is 0.489 e. The van der Waals surface area contributed by atoms with Crippen molar-refractivity contribution in [3.05, 3.63) is 63.6 Å². The Bertz CT molecular complexity index is 820. The maximum absolute atomic E-state index is 6.10. The van der Waals surface area contributed by atoms with Crippen molar-refractivity contribution in [2.45, 2.75) is 13.2 Å². The first-order valence-corrected chi connectivity index (χ1v) is 7.99. The molecule has 0 amide bonds. The van der Waals surface area contributed by atoms with E-state index in [2.05, 4.69) is 20.8 Å². The Hall–Kier alpha value is -2.31. The van der Waals surface area contributed by atoms with Gasteiger partial charge in [-0.05, 0) is 46.3 Å². The van der Waals surface area contributed by atoms with Crippen molar-refractivity contribution >= 4 is 29.2 Å². The molecule has 0 spiro atoms. The lowest BCUT2D eigenvalue weighted by molar-refractivity contribution is 0.303. The topological polar surface area (TPSA) is 64.9 Å². The number of rotatable bonds is 6. The second-order valence-corrected chi connectivity index (χ2v) is 6.02. The monoisotopic (exact) mass is 363 g/mol. The predicted octanol–water partition coefficient (Wildman–Crippen LogP) is 3.71. The molecular weight excluding hydrogens is 349 g/mol. The van der Waals surface area contributed by atoms with Crippen LogP contribution in [0.2, 0.25) is 10.0 Å². The lowest BCUT2D eigenvalue weighted by Gasteiger charge is -2.13. The predicted molar refractivity (Wildman–Crippen MR) is 93.4 cm³/mol. The summed E-state index contributed by atoms with van der Waals surface area (Å²) in [4.78, 5) is 0. The van der Waals surface area contributed by atoms with Crippen molar-refractivity contribution in [3.63, 3.8) is 0 Å². The van der Waals surface area contributed by atoms with E-state index in [1.165, 1.54) is 0 Å². The second-order valence-electron chi connectivity index (χ2n) is 5.15. The zero-order valence-electron chi connectivity index (χ0n) is 12.9. The fraction of sp³-hybridized carbons (Fsp3) is 0.188. The van der Waals surface area contributed by atoms with Gasteiger partial charge < -0.3 is 10.1 Å². The fourth-order valence-corrected chi connectivity index (χ4v) is 2.44. The van der Waals surface area contributed by atoms with E-state index in [1.807, 2.05) is 36.4 Å². The zero-order valence-corrected chi connectivity index (χ0v) is 14.4. The van der Waals surface area contributed by atoms with Gasteiger partial charge in [-0.2, -0.15) is 0 Å². The number of aryl methyl sites for hydroxylation is 1. The van der Waals surface area contributed by atoms with Crippen LogP contribution in [0.4, 0.5) is 5.95 Å². The van der Waals surface area contributed by atoms with Crippen molar-refractivity contribution in [3.8, 4) is 5.75 Å². The molecule has 1 N–H and O–H groups in total. The number of nitrogens with zero attached hydrogens (tertiary/aromatic N) is 4. The van der Waals surface area contributed by atoms with Gasteiger partial charge in [-0.15, -0.1) is 0 Å². The van der Waals surface area contributed by atoms with Crippen molar-refractivity contribution < 1.29 is 4.74 Å². The van der Waals surface area contributed by atoms with Crippen molar-refractivity contribution in [2.75, 3.05) is 5.32 Å². The van der Waals surface area contributed by atoms with Gasteiger partial charge >= 0.3 is 0 Å². The first kappa shape index (κ1) is 16.5. The van der Waals surface area contributed by atoms with E-state index in [-0.39, 0.29) is 0 Å². The zero-order chi connectivity index (χ0) is 16.9. The van der Waals surface area contributed by atoms with Crippen molar-refractivity contribution in [1.82, 2.24) is 20.2 Å². The summed E-state index contributed by atoms with van der Waals surface area (Å²) in [5, 5.41) is 15.8. The summed E-state index contributed by atoms with van der Waals surface area (Å²) in [6.07, 6.45) is 0. The number of aromatic nitrogens is 4. The average molecular weight is 364 g/mol. The Labute approximate surface area is 149 Å². The minimum absolute atomic E-state index is 0.442. The van der Waals surface area contributed by atoms with Crippen LogP contribution in [0.1, 0.15) is 11.1 Å². The molecule has 0 atom stereocenters. The van der Waals surface area contributed by atoms with Gasteiger partial charge in [0.1, 0.15) is 12.4 Å². The van der Waals surface area contributed by atoms with Crippen LogP contribution in [0.3, 0.4) is 0 Å². The molecule has 0 fully saturated rings. The number of anilines is 1. The standard InChI is InChI=1S/C16H15Cl2N5O/c1-23-16(20-21-22-23)19-9-12-8-14(18)6-7-15(12)24-10-11-2-4-13(17)5-3-11/h2-8H,9-10H2,1H3,(H,19,20,22). The molecule has 0 saturated carbocycles.